The van der Waals surface area contributed by atoms with Crippen molar-refractivity contribution in [3.05, 3.63) is 58.6 Å². The van der Waals surface area contributed by atoms with E-state index in [4.69, 9.17) is 21.6 Å². The molecule has 0 aliphatic heterocycles. The van der Waals surface area contributed by atoms with Gasteiger partial charge in [0, 0.05) is 5.69 Å². The van der Waals surface area contributed by atoms with Crippen LogP contribution in [0.15, 0.2) is 42.5 Å². The molecule has 0 atom stereocenters. The second-order valence-electron chi connectivity index (χ2n) is 4.46. The Kier molecular flexibility index (Phi) is 4.81. The first-order valence-corrected chi connectivity index (χ1v) is 6.65. The Hall–Kier alpha value is -2.51. The third-order valence-corrected chi connectivity index (χ3v) is 3.02. The maximum Gasteiger partial charge on any atom is 0.262 e. The molecule has 1 amide bonds. The number of hydrogen-bond acceptors (Lipinski definition) is 3. The third-order valence-electron chi connectivity index (χ3n) is 2.72. The van der Waals surface area contributed by atoms with Crippen LogP contribution in [-0.2, 0) is 4.79 Å². The number of carbonyl (C=O) groups excluding carboxylic acids is 1. The molecule has 0 bridgehead atoms. The highest BCUT2D eigenvalue weighted by atomic mass is 35.5. The number of carbonyl (C=O) groups is 1. The number of anilines is 1. The molecule has 4 nitrogen and oxygen atoms in total. The molecule has 0 aliphatic rings. The van der Waals surface area contributed by atoms with E-state index in [1.54, 1.807) is 36.4 Å². The smallest absolute Gasteiger partial charge is 0.262 e. The van der Waals surface area contributed by atoms with Gasteiger partial charge in [0.15, 0.2) is 6.61 Å². The average molecular weight is 301 g/mol. The zero-order valence-electron chi connectivity index (χ0n) is 11.4. The first-order chi connectivity index (χ1) is 10.1. The topological polar surface area (TPSA) is 62.1 Å². The minimum atomic E-state index is -0.318. The van der Waals surface area contributed by atoms with Gasteiger partial charge >= 0.3 is 0 Å². The van der Waals surface area contributed by atoms with Crippen molar-refractivity contribution >= 4 is 23.2 Å². The Morgan fingerprint density at radius 3 is 2.86 bits per heavy atom. The zero-order chi connectivity index (χ0) is 15.2. The van der Waals surface area contributed by atoms with Gasteiger partial charge in [-0.05, 0) is 42.8 Å². The van der Waals surface area contributed by atoms with Gasteiger partial charge in [-0.3, -0.25) is 4.79 Å². The summed E-state index contributed by atoms with van der Waals surface area (Å²) in [6, 6.07) is 14.0. The first-order valence-electron chi connectivity index (χ1n) is 6.27. The van der Waals surface area contributed by atoms with Crippen LogP contribution in [0.4, 0.5) is 5.69 Å². The molecule has 1 N–H and O–H groups in total. The van der Waals surface area contributed by atoms with E-state index in [0.29, 0.717) is 22.0 Å². The molecule has 5 heteroatoms. The van der Waals surface area contributed by atoms with Crippen molar-refractivity contribution in [1.82, 2.24) is 0 Å². The van der Waals surface area contributed by atoms with Gasteiger partial charge in [-0.1, -0.05) is 23.7 Å². The summed E-state index contributed by atoms with van der Waals surface area (Å²) >= 11 is 6.02. The van der Waals surface area contributed by atoms with E-state index in [0.717, 1.165) is 5.56 Å². The number of amides is 1. The highest BCUT2D eigenvalue weighted by Crippen LogP contribution is 2.25. The molecule has 0 aliphatic carbocycles. The molecule has 0 radical (unpaired) electrons. The minimum Gasteiger partial charge on any atom is -0.482 e. The maximum absolute atomic E-state index is 11.8. The molecule has 0 spiro atoms. The van der Waals surface area contributed by atoms with Crippen molar-refractivity contribution < 1.29 is 9.53 Å². The molecule has 0 unspecified atom stereocenters. The van der Waals surface area contributed by atoms with E-state index in [1.165, 1.54) is 0 Å². The quantitative estimate of drug-likeness (QED) is 0.939. The second kappa shape index (κ2) is 6.78. The number of rotatable bonds is 4. The molecule has 106 valence electrons. The molecule has 0 aromatic heterocycles. The lowest BCUT2D eigenvalue weighted by molar-refractivity contribution is -0.118. The van der Waals surface area contributed by atoms with Crippen molar-refractivity contribution in [1.29, 1.82) is 5.26 Å². The predicted molar refractivity (Wildman–Crippen MR) is 81.5 cm³/mol. The Balaban J connectivity index is 1.94. The number of nitriles is 1. The van der Waals surface area contributed by atoms with Gasteiger partial charge in [0.2, 0.25) is 0 Å². The lowest BCUT2D eigenvalue weighted by atomic mass is 10.2. The van der Waals surface area contributed by atoms with E-state index >= 15 is 0 Å². The molecule has 2 aromatic rings. The van der Waals surface area contributed by atoms with Crippen molar-refractivity contribution in [2.75, 3.05) is 11.9 Å². The van der Waals surface area contributed by atoms with Crippen molar-refractivity contribution in [3.8, 4) is 11.8 Å². The summed E-state index contributed by atoms with van der Waals surface area (Å²) in [6.07, 6.45) is 0. The van der Waals surface area contributed by atoms with E-state index in [9.17, 15) is 4.79 Å². The van der Waals surface area contributed by atoms with Crippen LogP contribution in [0.5, 0.6) is 5.75 Å². The fourth-order valence-corrected chi connectivity index (χ4v) is 2.02. The third kappa shape index (κ3) is 4.23. The predicted octanol–water partition coefficient (Wildman–Crippen LogP) is 3.54. The van der Waals surface area contributed by atoms with Crippen molar-refractivity contribution in [3.63, 3.8) is 0 Å². The Morgan fingerprint density at radius 2 is 2.14 bits per heavy atom. The fraction of sp³-hybridized carbons (Fsp3) is 0.125. The van der Waals surface area contributed by atoms with Crippen molar-refractivity contribution in [2.45, 2.75) is 6.92 Å². The van der Waals surface area contributed by atoms with Crippen LogP contribution in [0.1, 0.15) is 11.1 Å². The highest BCUT2D eigenvalue weighted by molar-refractivity contribution is 6.32. The van der Waals surface area contributed by atoms with E-state index in [-0.39, 0.29) is 12.5 Å². The molecule has 21 heavy (non-hydrogen) atoms. The second-order valence-corrected chi connectivity index (χ2v) is 4.87. The molecule has 0 saturated carbocycles. The summed E-state index contributed by atoms with van der Waals surface area (Å²) in [5.41, 5.74) is 2.05. The summed E-state index contributed by atoms with van der Waals surface area (Å²) in [5.74, 6) is 0.143. The van der Waals surface area contributed by atoms with Crippen LogP contribution in [0.25, 0.3) is 0 Å². The summed E-state index contributed by atoms with van der Waals surface area (Å²) in [5, 5.41) is 11.9. The summed E-state index contributed by atoms with van der Waals surface area (Å²) < 4.78 is 5.37. The fourth-order valence-electron chi connectivity index (χ4n) is 1.73. The maximum atomic E-state index is 11.8. The molecule has 0 fully saturated rings. The summed E-state index contributed by atoms with van der Waals surface area (Å²) in [7, 11) is 0. The molecule has 2 aromatic carbocycles. The van der Waals surface area contributed by atoms with E-state index < -0.39 is 0 Å². The lowest BCUT2D eigenvalue weighted by Gasteiger charge is -2.09. The number of halogens is 1. The molecule has 2 rings (SSSR count). The highest BCUT2D eigenvalue weighted by Gasteiger charge is 2.07. The number of ether oxygens (including phenoxy) is 1. The lowest BCUT2D eigenvalue weighted by Crippen LogP contribution is -2.20. The van der Waals surface area contributed by atoms with Crippen LogP contribution >= 0.6 is 11.6 Å². The largest absolute Gasteiger partial charge is 0.482 e. The number of hydrogen-bond donors (Lipinski definition) is 1. The average Bonchev–Trinajstić information content (AvgIpc) is 2.46. The summed E-state index contributed by atoms with van der Waals surface area (Å²) in [4.78, 5) is 11.8. The van der Waals surface area contributed by atoms with Crippen LogP contribution in [-0.4, -0.2) is 12.5 Å². The zero-order valence-corrected chi connectivity index (χ0v) is 12.1. The monoisotopic (exact) mass is 300 g/mol. The van der Waals surface area contributed by atoms with Gasteiger partial charge in [-0.2, -0.15) is 5.26 Å². The normalized spacial score (nSPS) is 9.76. The van der Waals surface area contributed by atoms with Crippen molar-refractivity contribution in [2.24, 2.45) is 0 Å². The Morgan fingerprint density at radius 1 is 1.33 bits per heavy atom. The first kappa shape index (κ1) is 14.9. The van der Waals surface area contributed by atoms with Gasteiger partial charge in [-0.25, -0.2) is 0 Å². The molecular weight excluding hydrogens is 288 g/mol. The van der Waals surface area contributed by atoms with E-state index in [2.05, 4.69) is 5.32 Å². The molecule has 0 saturated heterocycles. The van der Waals surface area contributed by atoms with Crippen LogP contribution in [0.3, 0.4) is 0 Å². The number of aryl methyl sites for hydroxylation is 1. The Bertz CT molecular complexity index is 708. The van der Waals surface area contributed by atoms with Crippen LogP contribution in [0, 0.1) is 18.3 Å². The van der Waals surface area contributed by atoms with Crippen LogP contribution in [0.2, 0.25) is 5.02 Å². The number of benzene rings is 2. The SMILES string of the molecule is Cc1ccc(OCC(=O)Nc2cccc(C#N)c2)c(Cl)c1. The van der Waals surface area contributed by atoms with Crippen LogP contribution < -0.4 is 10.1 Å². The standard InChI is InChI=1S/C16H13ClN2O2/c1-11-5-6-15(14(17)7-11)21-10-16(20)19-13-4-2-3-12(8-13)9-18/h2-8H,10H2,1H3,(H,19,20). The Labute approximate surface area is 127 Å². The number of nitrogens with zero attached hydrogens (tertiary/aromatic N) is 1. The summed E-state index contributed by atoms with van der Waals surface area (Å²) in [6.45, 7) is 1.77. The van der Waals surface area contributed by atoms with Gasteiger partial charge in [0.1, 0.15) is 5.75 Å². The van der Waals surface area contributed by atoms with Gasteiger partial charge in [0.05, 0.1) is 16.7 Å². The molecular formula is C16H13ClN2O2. The van der Waals surface area contributed by atoms with Gasteiger partial charge in [-0.15, -0.1) is 0 Å². The van der Waals surface area contributed by atoms with Gasteiger partial charge in [0.25, 0.3) is 5.91 Å². The molecule has 0 heterocycles. The van der Waals surface area contributed by atoms with E-state index in [1.807, 2.05) is 19.1 Å². The number of nitrogens with one attached hydrogen (secondary N) is 1. The van der Waals surface area contributed by atoms with Gasteiger partial charge < -0.3 is 10.1 Å². The minimum absolute atomic E-state index is 0.153.